The van der Waals surface area contributed by atoms with Crippen LogP contribution >= 0.6 is 0 Å². The van der Waals surface area contributed by atoms with Gasteiger partial charge in [0.2, 0.25) is 0 Å². The highest BCUT2D eigenvalue weighted by Gasteiger charge is 2.17. The van der Waals surface area contributed by atoms with Gasteiger partial charge >= 0.3 is 0 Å². The molecule has 0 aliphatic heterocycles. The smallest absolute Gasteiger partial charge is 0.251 e. The topological polar surface area (TPSA) is 52.6 Å². The summed E-state index contributed by atoms with van der Waals surface area (Å²) < 4.78 is 0. The maximum Gasteiger partial charge on any atom is 0.251 e. The maximum absolute atomic E-state index is 11.8. The van der Waals surface area contributed by atoms with E-state index in [2.05, 4.69) is 22.3 Å². The van der Waals surface area contributed by atoms with Crippen LogP contribution in [0.4, 0.5) is 0 Å². The van der Waals surface area contributed by atoms with Crippen molar-refractivity contribution >= 4 is 5.91 Å². The molecule has 0 spiro atoms. The number of aliphatic hydroxyl groups is 1. The molecule has 2 N–H and O–H groups in total. The number of aliphatic hydroxyl groups excluding tert-OH is 1. The van der Waals surface area contributed by atoms with E-state index in [0.717, 1.165) is 5.56 Å². The van der Waals surface area contributed by atoms with Gasteiger partial charge in [-0.05, 0) is 36.7 Å². The molecule has 122 valence electrons. The van der Waals surface area contributed by atoms with Crippen LogP contribution in [0, 0.1) is 0 Å². The van der Waals surface area contributed by atoms with Gasteiger partial charge in [0.25, 0.3) is 5.91 Å². The average molecular weight is 312 g/mol. The number of carbonyl (C=O) groups excluding carboxylic acids is 1. The molecule has 0 aliphatic rings. The number of amides is 1. The van der Waals surface area contributed by atoms with E-state index < -0.39 is 0 Å². The van der Waals surface area contributed by atoms with Crippen LogP contribution in [0.15, 0.2) is 54.6 Å². The van der Waals surface area contributed by atoms with Crippen molar-refractivity contribution in [1.82, 2.24) is 10.2 Å². The van der Waals surface area contributed by atoms with E-state index in [0.29, 0.717) is 18.5 Å². The SMILES string of the molecule is CNC(=O)c1cccc(CN(C)C(CCO)c2ccccc2)c1. The van der Waals surface area contributed by atoms with E-state index in [1.165, 1.54) is 5.56 Å². The molecule has 2 rings (SSSR count). The van der Waals surface area contributed by atoms with Gasteiger partial charge < -0.3 is 10.4 Å². The molecule has 4 heteroatoms. The first-order valence-electron chi connectivity index (χ1n) is 7.82. The number of carbonyl (C=O) groups is 1. The first-order valence-corrected chi connectivity index (χ1v) is 7.82. The predicted octanol–water partition coefficient (Wildman–Crippen LogP) is 2.60. The molecule has 4 nitrogen and oxygen atoms in total. The van der Waals surface area contributed by atoms with Crippen LogP contribution in [0.25, 0.3) is 0 Å². The zero-order chi connectivity index (χ0) is 16.7. The van der Waals surface area contributed by atoms with E-state index in [-0.39, 0.29) is 18.6 Å². The molecule has 1 unspecified atom stereocenters. The van der Waals surface area contributed by atoms with Crippen molar-refractivity contribution in [3.63, 3.8) is 0 Å². The number of hydrogen-bond donors (Lipinski definition) is 2. The minimum Gasteiger partial charge on any atom is -0.396 e. The summed E-state index contributed by atoms with van der Waals surface area (Å²) in [5.74, 6) is -0.0792. The normalized spacial score (nSPS) is 12.2. The minimum absolute atomic E-state index is 0.0792. The standard InChI is InChI=1S/C19H24N2O2/c1-20-19(23)17-10-6-7-15(13-17)14-21(2)18(11-12-22)16-8-4-3-5-9-16/h3-10,13,18,22H,11-12,14H2,1-2H3,(H,20,23). The lowest BCUT2D eigenvalue weighted by Crippen LogP contribution is -2.25. The number of nitrogens with one attached hydrogen (secondary N) is 1. The highest BCUT2D eigenvalue weighted by atomic mass is 16.3. The lowest BCUT2D eigenvalue weighted by Gasteiger charge is -2.28. The van der Waals surface area contributed by atoms with Crippen molar-refractivity contribution in [1.29, 1.82) is 0 Å². The Labute approximate surface area is 137 Å². The van der Waals surface area contributed by atoms with Gasteiger partial charge in [0, 0.05) is 31.8 Å². The first kappa shape index (κ1) is 17.2. The van der Waals surface area contributed by atoms with Gasteiger partial charge in [-0.2, -0.15) is 0 Å². The Bertz CT molecular complexity index is 628. The molecule has 2 aromatic rings. The van der Waals surface area contributed by atoms with Crippen LogP contribution in [0.3, 0.4) is 0 Å². The molecule has 2 aromatic carbocycles. The van der Waals surface area contributed by atoms with Crippen molar-refractivity contribution in [3.05, 3.63) is 71.3 Å². The fourth-order valence-corrected chi connectivity index (χ4v) is 2.79. The van der Waals surface area contributed by atoms with Crippen molar-refractivity contribution in [3.8, 4) is 0 Å². The van der Waals surface area contributed by atoms with E-state index in [4.69, 9.17) is 0 Å². The molecule has 0 aromatic heterocycles. The quantitative estimate of drug-likeness (QED) is 0.826. The largest absolute Gasteiger partial charge is 0.396 e. The molecular formula is C19H24N2O2. The second-order valence-electron chi connectivity index (χ2n) is 5.63. The zero-order valence-electron chi connectivity index (χ0n) is 13.7. The summed E-state index contributed by atoms with van der Waals surface area (Å²) in [4.78, 5) is 14.0. The monoisotopic (exact) mass is 312 g/mol. The fraction of sp³-hybridized carbons (Fsp3) is 0.316. The summed E-state index contributed by atoms with van der Waals surface area (Å²) in [5, 5.41) is 12.0. The zero-order valence-corrected chi connectivity index (χ0v) is 13.7. The van der Waals surface area contributed by atoms with E-state index in [1.54, 1.807) is 7.05 Å². The Hall–Kier alpha value is -2.17. The summed E-state index contributed by atoms with van der Waals surface area (Å²) in [6.07, 6.45) is 0.676. The number of benzene rings is 2. The van der Waals surface area contributed by atoms with E-state index in [9.17, 15) is 9.90 Å². The van der Waals surface area contributed by atoms with E-state index >= 15 is 0 Å². The second kappa shape index (κ2) is 8.46. The fourth-order valence-electron chi connectivity index (χ4n) is 2.79. The summed E-state index contributed by atoms with van der Waals surface area (Å²) in [6, 6.07) is 18.0. The summed E-state index contributed by atoms with van der Waals surface area (Å²) in [7, 11) is 3.67. The minimum atomic E-state index is -0.0792. The third-order valence-corrected chi connectivity index (χ3v) is 3.97. The lowest BCUT2D eigenvalue weighted by atomic mass is 10.0. The Morgan fingerprint density at radius 3 is 2.57 bits per heavy atom. The third-order valence-electron chi connectivity index (χ3n) is 3.97. The third kappa shape index (κ3) is 4.65. The van der Waals surface area contributed by atoms with Gasteiger partial charge in [-0.1, -0.05) is 42.5 Å². The van der Waals surface area contributed by atoms with Gasteiger partial charge in [0.05, 0.1) is 0 Å². The Morgan fingerprint density at radius 1 is 1.17 bits per heavy atom. The molecule has 23 heavy (non-hydrogen) atoms. The molecule has 0 radical (unpaired) electrons. The molecule has 0 aliphatic carbocycles. The van der Waals surface area contributed by atoms with Crippen LogP contribution in [0.5, 0.6) is 0 Å². The van der Waals surface area contributed by atoms with Crippen LogP contribution in [-0.4, -0.2) is 36.6 Å². The highest BCUT2D eigenvalue weighted by molar-refractivity contribution is 5.94. The Morgan fingerprint density at radius 2 is 1.91 bits per heavy atom. The van der Waals surface area contributed by atoms with Gasteiger partial charge in [-0.3, -0.25) is 9.69 Å². The second-order valence-corrected chi connectivity index (χ2v) is 5.63. The van der Waals surface area contributed by atoms with Gasteiger partial charge in [0.15, 0.2) is 0 Å². The molecule has 1 atom stereocenters. The molecule has 1 amide bonds. The van der Waals surface area contributed by atoms with Gasteiger partial charge in [0.1, 0.15) is 0 Å². The summed E-state index contributed by atoms with van der Waals surface area (Å²) in [5.41, 5.74) is 2.93. The lowest BCUT2D eigenvalue weighted by molar-refractivity contribution is 0.0963. The van der Waals surface area contributed by atoms with Crippen molar-refractivity contribution in [2.45, 2.75) is 19.0 Å². The Kier molecular flexibility index (Phi) is 6.32. The molecule has 0 fully saturated rings. The average Bonchev–Trinajstić information content (AvgIpc) is 2.59. The van der Waals surface area contributed by atoms with Crippen LogP contribution in [0.1, 0.15) is 33.9 Å². The number of rotatable bonds is 7. The number of nitrogens with zero attached hydrogens (tertiary/aromatic N) is 1. The van der Waals surface area contributed by atoms with Crippen molar-refractivity contribution < 1.29 is 9.90 Å². The molecule has 0 saturated carbocycles. The number of hydrogen-bond acceptors (Lipinski definition) is 3. The first-order chi connectivity index (χ1) is 11.2. The van der Waals surface area contributed by atoms with Crippen LogP contribution < -0.4 is 5.32 Å². The maximum atomic E-state index is 11.8. The van der Waals surface area contributed by atoms with Crippen molar-refractivity contribution in [2.75, 3.05) is 20.7 Å². The predicted molar refractivity (Wildman–Crippen MR) is 92.2 cm³/mol. The molecule has 0 heterocycles. The van der Waals surface area contributed by atoms with Gasteiger partial charge in [-0.15, -0.1) is 0 Å². The van der Waals surface area contributed by atoms with Crippen LogP contribution in [0.2, 0.25) is 0 Å². The Balaban J connectivity index is 2.15. The molecule has 0 saturated heterocycles. The van der Waals surface area contributed by atoms with Gasteiger partial charge in [-0.25, -0.2) is 0 Å². The molecular weight excluding hydrogens is 288 g/mol. The molecule has 0 bridgehead atoms. The van der Waals surface area contributed by atoms with Crippen molar-refractivity contribution in [2.24, 2.45) is 0 Å². The summed E-state index contributed by atoms with van der Waals surface area (Å²) in [6.45, 7) is 0.854. The highest BCUT2D eigenvalue weighted by Crippen LogP contribution is 2.24. The van der Waals surface area contributed by atoms with E-state index in [1.807, 2.05) is 49.5 Å². The summed E-state index contributed by atoms with van der Waals surface area (Å²) >= 11 is 0. The van der Waals surface area contributed by atoms with Crippen LogP contribution in [-0.2, 0) is 6.54 Å².